The van der Waals surface area contributed by atoms with Crippen molar-refractivity contribution in [3.05, 3.63) is 0 Å². The van der Waals surface area contributed by atoms with Gasteiger partial charge in [0.1, 0.15) is 0 Å². The Labute approximate surface area is 126 Å². The van der Waals surface area contributed by atoms with Crippen LogP contribution in [0.4, 0.5) is 0 Å². The van der Waals surface area contributed by atoms with E-state index in [0.29, 0.717) is 19.7 Å². The fraction of sp³-hybridized carbons (Fsp3) is 0.923. The third-order valence-corrected chi connectivity index (χ3v) is 5.84. The Morgan fingerprint density at radius 1 is 1.33 bits per heavy atom. The lowest BCUT2D eigenvalue weighted by molar-refractivity contribution is -0.131. The summed E-state index contributed by atoms with van der Waals surface area (Å²) in [6.45, 7) is 3.34. The van der Waals surface area contributed by atoms with Crippen LogP contribution in [-0.2, 0) is 19.6 Å². The summed E-state index contributed by atoms with van der Waals surface area (Å²) in [6, 6.07) is 0. The number of hydrogen-bond acceptors (Lipinski definition) is 5. The highest BCUT2D eigenvalue weighted by Crippen LogP contribution is 2.15. The van der Waals surface area contributed by atoms with E-state index in [1.165, 1.54) is 7.05 Å². The molecule has 0 aromatic carbocycles. The van der Waals surface area contributed by atoms with Gasteiger partial charge in [0.15, 0.2) is 0 Å². The molecule has 1 N–H and O–H groups in total. The van der Waals surface area contributed by atoms with Gasteiger partial charge in [-0.15, -0.1) is 0 Å². The van der Waals surface area contributed by atoms with Gasteiger partial charge in [0.2, 0.25) is 15.9 Å². The van der Waals surface area contributed by atoms with E-state index in [9.17, 15) is 13.2 Å². The van der Waals surface area contributed by atoms with Gasteiger partial charge in [-0.05, 0) is 19.3 Å². The molecular formula is C13H25N3O4S. The van der Waals surface area contributed by atoms with Crippen molar-refractivity contribution in [2.45, 2.75) is 25.4 Å². The van der Waals surface area contributed by atoms with Crippen molar-refractivity contribution in [2.75, 3.05) is 52.1 Å². The molecule has 0 radical (unpaired) electrons. The van der Waals surface area contributed by atoms with Gasteiger partial charge in [-0.25, -0.2) is 8.42 Å². The number of nitrogens with zero attached hydrogens (tertiary/aromatic N) is 2. The first-order chi connectivity index (χ1) is 9.99. The summed E-state index contributed by atoms with van der Waals surface area (Å²) in [4.78, 5) is 13.8. The SMILES string of the molecule is CN(CC(=O)N1CCNCC1)S(=O)(=O)CC1CCCCO1. The smallest absolute Gasteiger partial charge is 0.237 e. The largest absolute Gasteiger partial charge is 0.377 e. The van der Waals surface area contributed by atoms with E-state index in [-0.39, 0.29) is 24.3 Å². The second kappa shape index (κ2) is 7.53. The Morgan fingerprint density at radius 3 is 2.67 bits per heavy atom. The summed E-state index contributed by atoms with van der Waals surface area (Å²) >= 11 is 0. The minimum atomic E-state index is -3.45. The number of sulfonamides is 1. The number of hydrogen-bond donors (Lipinski definition) is 1. The highest BCUT2D eigenvalue weighted by molar-refractivity contribution is 7.89. The van der Waals surface area contributed by atoms with Crippen molar-refractivity contribution < 1.29 is 17.9 Å². The molecule has 7 nitrogen and oxygen atoms in total. The Balaban J connectivity index is 1.85. The van der Waals surface area contributed by atoms with Gasteiger partial charge in [-0.1, -0.05) is 0 Å². The molecule has 21 heavy (non-hydrogen) atoms. The molecule has 1 unspecified atom stereocenters. The molecule has 1 atom stereocenters. The fourth-order valence-electron chi connectivity index (χ4n) is 2.60. The Kier molecular flexibility index (Phi) is 5.98. The van der Waals surface area contributed by atoms with E-state index in [1.54, 1.807) is 4.90 Å². The molecular weight excluding hydrogens is 294 g/mol. The van der Waals surface area contributed by atoms with Crippen LogP contribution in [-0.4, -0.2) is 81.8 Å². The van der Waals surface area contributed by atoms with Gasteiger partial charge in [0.05, 0.1) is 18.4 Å². The molecule has 2 fully saturated rings. The number of nitrogens with one attached hydrogen (secondary N) is 1. The van der Waals surface area contributed by atoms with Gasteiger partial charge in [-0.3, -0.25) is 4.79 Å². The molecule has 2 saturated heterocycles. The lowest BCUT2D eigenvalue weighted by Crippen LogP contribution is -2.50. The number of carbonyl (C=O) groups excluding carboxylic acids is 1. The second-order valence-corrected chi connectivity index (χ2v) is 7.77. The zero-order valence-electron chi connectivity index (χ0n) is 12.6. The van der Waals surface area contributed by atoms with Crippen molar-refractivity contribution >= 4 is 15.9 Å². The highest BCUT2D eigenvalue weighted by Gasteiger charge is 2.28. The van der Waals surface area contributed by atoms with Crippen LogP contribution in [0.1, 0.15) is 19.3 Å². The number of carbonyl (C=O) groups is 1. The maximum absolute atomic E-state index is 12.3. The Bertz CT molecular complexity index is 442. The van der Waals surface area contributed by atoms with Crippen LogP contribution in [0.5, 0.6) is 0 Å². The van der Waals surface area contributed by atoms with Crippen LogP contribution in [0.15, 0.2) is 0 Å². The molecule has 2 aliphatic rings. The van der Waals surface area contributed by atoms with Gasteiger partial charge in [-0.2, -0.15) is 4.31 Å². The van der Waals surface area contributed by atoms with Crippen molar-refractivity contribution in [1.82, 2.24) is 14.5 Å². The molecule has 0 aromatic rings. The van der Waals surface area contributed by atoms with E-state index in [0.717, 1.165) is 36.7 Å². The third-order valence-electron chi connectivity index (χ3n) is 3.97. The van der Waals surface area contributed by atoms with Crippen LogP contribution in [0, 0.1) is 0 Å². The average Bonchev–Trinajstić information content (AvgIpc) is 2.48. The number of piperazine rings is 1. The Hall–Kier alpha value is -0.700. The van der Waals surface area contributed by atoms with E-state index >= 15 is 0 Å². The molecule has 2 aliphatic heterocycles. The minimum absolute atomic E-state index is 0.0294. The van der Waals surface area contributed by atoms with E-state index in [2.05, 4.69) is 5.32 Å². The molecule has 2 rings (SSSR count). The van der Waals surface area contributed by atoms with E-state index in [4.69, 9.17) is 4.74 Å². The maximum Gasteiger partial charge on any atom is 0.237 e. The quantitative estimate of drug-likeness (QED) is 0.721. The second-order valence-electron chi connectivity index (χ2n) is 5.65. The molecule has 0 spiro atoms. The molecule has 0 bridgehead atoms. The summed E-state index contributed by atoms with van der Waals surface area (Å²) < 4.78 is 31.2. The van der Waals surface area contributed by atoms with Gasteiger partial charge >= 0.3 is 0 Å². The zero-order valence-corrected chi connectivity index (χ0v) is 13.4. The monoisotopic (exact) mass is 319 g/mol. The van der Waals surface area contributed by atoms with Crippen LogP contribution in [0.25, 0.3) is 0 Å². The van der Waals surface area contributed by atoms with E-state index in [1.807, 2.05) is 0 Å². The topological polar surface area (TPSA) is 79.0 Å². The maximum atomic E-state index is 12.3. The first-order valence-corrected chi connectivity index (χ1v) is 9.14. The van der Waals surface area contributed by atoms with Crippen LogP contribution in [0.3, 0.4) is 0 Å². The lowest BCUT2D eigenvalue weighted by Gasteiger charge is -2.30. The first-order valence-electron chi connectivity index (χ1n) is 7.53. The van der Waals surface area contributed by atoms with Crippen molar-refractivity contribution in [2.24, 2.45) is 0 Å². The normalized spacial score (nSPS) is 24.3. The van der Waals surface area contributed by atoms with Gasteiger partial charge in [0, 0.05) is 39.8 Å². The van der Waals surface area contributed by atoms with Crippen molar-refractivity contribution in [3.8, 4) is 0 Å². The molecule has 122 valence electrons. The lowest BCUT2D eigenvalue weighted by atomic mass is 10.1. The van der Waals surface area contributed by atoms with E-state index < -0.39 is 10.0 Å². The standard InChI is InChI=1S/C13H25N3O4S/c1-15(10-13(17)16-7-5-14-6-8-16)21(18,19)11-12-4-2-3-9-20-12/h12,14H,2-11H2,1H3. The number of rotatable bonds is 5. The molecule has 8 heteroatoms. The fourth-order valence-corrected chi connectivity index (χ4v) is 3.90. The van der Waals surface area contributed by atoms with Crippen LogP contribution in [0.2, 0.25) is 0 Å². The zero-order chi connectivity index (χ0) is 15.3. The summed E-state index contributed by atoms with van der Waals surface area (Å²) in [5.74, 6) is -0.162. The average molecular weight is 319 g/mol. The van der Waals surface area contributed by atoms with Crippen LogP contribution >= 0.6 is 0 Å². The summed E-state index contributed by atoms with van der Waals surface area (Å²) in [7, 11) is -1.98. The predicted molar refractivity (Wildman–Crippen MR) is 79.5 cm³/mol. The van der Waals surface area contributed by atoms with Crippen LogP contribution < -0.4 is 5.32 Å². The molecule has 0 aliphatic carbocycles. The number of likely N-dealkylation sites (N-methyl/N-ethyl adjacent to an activating group) is 1. The molecule has 0 saturated carbocycles. The third kappa shape index (κ3) is 4.91. The van der Waals surface area contributed by atoms with Crippen molar-refractivity contribution in [1.29, 1.82) is 0 Å². The summed E-state index contributed by atoms with van der Waals surface area (Å²) in [6.07, 6.45) is 2.54. The van der Waals surface area contributed by atoms with Gasteiger partial charge in [0.25, 0.3) is 0 Å². The molecule has 1 amide bonds. The predicted octanol–water partition coefficient (Wildman–Crippen LogP) is -0.751. The molecule has 0 aromatic heterocycles. The summed E-state index contributed by atoms with van der Waals surface area (Å²) in [5, 5.41) is 3.17. The number of amides is 1. The minimum Gasteiger partial charge on any atom is -0.377 e. The number of ether oxygens (including phenoxy) is 1. The molecule has 2 heterocycles. The van der Waals surface area contributed by atoms with Gasteiger partial charge < -0.3 is 15.0 Å². The highest BCUT2D eigenvalue weighted by atomic mass is 32.2. The summed E-state index contributed by atoms with van der Waals surface area (Å²) in [5.41, 5.74) is 0. The first kappa shape index (κ1) is 16.7. The Morgan fingerprint density at radius 2 is 2.05 bits per heavy atom. The van der Waals surface area contributed by atoms with Crippen molar-refractivity contribution in [3.63, 3.8) is 0 Å².